The molecule has 1 aliphatic carbocycles. The van der Waals surface area contributed by atoms with E-state index in [9.17, 15) is 0 Å². The van der Waals surface area contributed by atoms with E-state index >= 15 is 0 Å². The normalized spacial score (nSPS) is 20.1. The first-order valence-electron chi connectivity index (χ1n) is 6.81. The lowest BCUT2D eigenvalue weighted by molar-refractivity contribution is 0.359. The molecule has 0 saturated heterocycles. The molecule has 3 heteroatoms. The van der Waals surface area contributed by atoms with Crippen LogP contribution in [0.5, 0.6) is 0 Å². The Labute approximate surface area is 109 Å². The Morgan fingerprint density at radius 1 is 1.35 bits per heavy atom. The summed E-state index contributed by atoms with van der Waals surface area (Å²) in [4.78, 5) is 1.40. The average Bonchev–Trinajstić information content (AvgIpc) is 2.62. The Morgan fingerprint density at radius 3 is 2.59 bits per heavy atom. The second-order valence-electron chi connectivity index (χ2n) is 5.24. The molecule has 0 amide bonds. The van der Waals surface area contributed by atoms with Crippen molar-refractivity contribution in [2.45, 2.75) is 57.9 Å². The summed E-state index contributed by atoms with van der Waals surface area (Å²) in [6.07, 6.45) is 9.65. The van der Waals surface area contributed by atoms with E-state index in [0.29, 0.717) is 6.04 Å². The van der Waals surface area contributed by atoms with Crippen LogP contribution in [0.15, 0.2) is 11.4 Å². The predicted molar refractivity (Wildman–Crippen MR) is 74.9 cm³/mol. The zero-order valence-corrected chi connectivity index (χ0v) is 11.6. The van der Waals surface area contributed by atoms with Crippen LogP contribution in [0.4, 0.5) is 0 Å². The molecule has 1 unspecified atom stereocenters. The molecule has 1 aliphatic rings. The molecule has 3 N–H and O–H groups in total. The van der Waals surface area contributed by atoms with Gasteiger partial charge in [-0.15, -0.1) is 11.3 Å². The third-order valence-corrected chi connectivity index (χ3v) is 4.88. The van der Waals surface area contributed by atoms with Crippen molar-refractivity contribution >= 4 is 11.3 Å². The summed E-state index contributed by atoms with van der Waals surface area (Å²) in [5, 5.41) is 2.17. The number of nitrogens with one attached hydrogen (secondary N) is 1. The van der Waals surface area contributed by atoms with Gasteiger partial charge in [-0.25, -0.2) is 0 Å². The van der Waals surface area contributed by atoms with Gasteiger partial charge in [0, 0.05) is 10.9 Å². The molecule has 96 valence electrons. The van der Waals surface area contributed by atoms with Gasteiger partial charge < -0.3 is 0 Å². The van der Waals surface area contributed by atoms with Crippen LogP contribution in [0.2, 0.25) is 0 Å². The van der Waals surface area contributed by atoms with Gasteiger partial charge >= 0.3 is 0 Å². The summed E-state index contributed by atoms with van der Waals surface area (Å²) >= 11 is 1.82. The first kappa shape index (κ1) is 13.1. The van der Waals surface area contributed by atoms with Crippen LogP contribution >= 0.6 is 11.3 Å². The number of thiophene rings is 1. The highest BCUT2D eigenvalue weighted by atomic mass is 32.1. The minimum Gasteiger partial charge on any atom is -0.271 e. The Bertz CT molecular complexity index is 327. The quantitative estimate of drug-likeness (QED) is 0.484. The van der Waals surface area contributed by atoms with Crippen molar-refractivity contribution in [3.63, 3.8) is 0 Å². The Hall–Kier alpha value is -0.380. The van der Waals surface area contributed by atoms with E-state index in [0.717, 1.165) is 5.92 Å². The maximum Gasteiger partial charge on any atom is 0.0473 e. The molecule has 1 saturated carbocycles. The van der Waals surface area contributed by atoms with Crippen LogP contribution in [-0.4, -0.2) is 0 Å². The van der Waals surface area contributed by atoms with Gasteiger partial charge in [0.1, 0.15) is 0 Å². The Morgan fingerprint density at radius 2 is 2.06 bits per heavy atom. The van der Waals surface area contributed by atoms with Gasteiger partial charge in [-0.3, -0.25) is 11.3 Å². The smallest absolute Gasteiger partial charge is 0.0473 e. The molecule has 1 fully saturated rings. The number of hydrazine groups is 1. The van der Waals surface area contributed by atoms with Crippen LogP contribution in [-0.2, 0) is 0 Å². The van der Waals surface area contributed by atoms with Gasteiger partial charge in [0.25, 0.3) is 0 Å². The number of nitrogens with two attached hydrogens (primary N) is 1. The van der Waals surface area contributed by atoms with E-state index < -0.39 is 0 Å². The van der Waals surface area contributed by atoms with Crippen molar-refractivity contribution in [1.29, 1.82) is 0 Å². The summed E-state index contributed by atoms with van der Waals surface area (Å²) in [5.41, 5.74) is 4.42. The highest BCUT2D eigenvalue weighted by Crippen LogP contribution is 2.32. The molecule has 0 bridgehead atoms. The zero-order valence-electron chi connectivity index (χ0n) is 10.7. The fourth-order valence-corrected chi connectivity index (χ4v) is 3.74. The molecule has 0 aliphatic heterocycles. The van der Waals surface area contributed by atoms with Gasteiger partial charge in [0.05, 0.1) is 0 Å². The highest BCUT2D eigenvalue weighted by Gasteiger charge is 2.20. The zero-order chi connectivity index (χ0) is 12.1. The third kappa shape index (κ3) is 3.54. The van der Waals surface area contributed by atoms with Crippen molar-refractivity contribution in [2.75, 3.05) is 0 Å². The van der Waals surface area contributed by atoms with Crippen molar-refractivity contribution in [2.24, 2.45) is 11.8 Å². The maximum atomic E-state index is 5.74. The molecular weight excluding hydrogens is 228 g/mol. The molecule has 2 nitrogen and oxygen atoms in total. The molecule has 1 aromatic rings. The Balaban J connectivity index is 1.97. The minimum atomic E-state index is 0.351. The van der Waals surface area contributed by atoms with E-state index in [-0.39, 0.29) is 0 Å². The number of rotatable bonds is 4. The number of aryl methyl sites for hydroxylation is 1. The number of hydrogen-bond donors (Lipinski definition) is 2. The van der Waals surface area contributed by atoms with Gasteiger partial charge in [0.2, 0.25) is 0 Å². The summed E-state index contributed by atoms with van der Waals surface area (Å²) in [6.45, 7) is 2.19. The van der Waals surface area contributed by atoms with E-state index in [1.807, 2.05) is 11.3 Å². The first-order valence-corrected chi connectivity index (χ1v) is 7.69. The molecular formula is C14H24N2S. The van der Waals surface area contributed by atoms with Crippen molar-refractivity contribution < 1.29 is 0 Å². The van der Waals surface area contributed by atoms with Gasteiger partial charge in [-0.2, -0.15) is 0 Å². The van der Waals surface area contributed by atoms with E-state index in [1.54, 1.807) is 0 Å². The van der Waals surface area contributed by atoms with Crippen molar-refractivity contribution in [1.82, 2.24) is 5.43 Å². The summed E-state index contributed by atoms with van der Waals surface area (Å²) < 4.78 is 0. The van der Waals surface area contributed by atoms with E-state index in [1.165, 1.54) is 55.4 Å². The molecule has 1 heterocycles. The summed E-state index contributed by atoms with van der Waals surface area (Å²) in [5.74, 6) is 6.60. The van der Waals surface area contributed by atoms with Crippen molar-refractivity contribution in [3.05, 3.63) is 21.9 Å². The van der Waals surface area contributed by atoms with Gasteiger partial charge in [-0.05, 0) is 36.3 Å². The standard InChI is InChI=1S/C14H24N2S/c1-11-13(8-9-17-11)14(16-15)10-12-6-4-2-3-5-7-12/h8-9,12,14,16H,2-7,10,15H2,1H3. The van der Waals surface area contributed by atoms with Gasteiger partial charge in [0.15, 0.2) is 0 Å². The van der Waals surface area contributed by atoms with Crippen LogP contribution in [0, 0.1) is 12.8 Å². The highest BCUT2D eigenvalue weighted by molar-refractivity contribution is 7.10. The second kappa shape index (κ2) is 6.53. The van der Waals surface area contributed by atoms with Gasteiger partial charge in [-0.1, -0.05) is 38.5 Å². The lowest BCUT2D eigenvalue weighted by atomic mass is 9.90. The fourth-order valence-electron chi connectivity index (χ4n) is 2.97. The lowest BCUT2D eigenvalue weighted by Crippen LogP contribution is -2.29. The van der Waals surface area contributed by atoms with Crippen molar-refractivity contribution in [3.8, 4) is 0 Å². The first-order chi connectivity index (χ1) is 8.31. The maximum absolute atomic E-state index is 5.74. The summed E-state index contributed by atoms with van der Waals surface area (Å²) in [7, 11) is 0. The van der Waals surface area contributed by atoms with E-state index in [2.05, 4.69) is 23.8 Å². The average molecular weight is 252 g/mol. The molecule has 0 radical (unpaired) electrons. The van der Waals surface area contributed by atoms with E-state index in [4.69, 9.17) is 5.84 Å². The Kier molecular flexibility index (Phi) is 5.01. The SMILES string of the molecule is Cc1sccc1C(CC1CCCCCC1)NN. The van der Waals surface area contributed by atoms with Crippen LogP contribution < -0.4 is 11.3 Å². The summed E-state index contributed by atoms with van der Waals surface area (Å²) in [6, 6.07) is 2.57. The molecule has 0 spiro atoms. The monoisotopic (exact) mass is 252 g/mol. The fraction of sp³-hybridized carbons (Fsp3) is 0.714. The molecule has 2 rings (SSSR count). The van der Waals surface area contributed by atoms with Crippen LogP contribution in [0.25, 0.3) is 0 Å². The molecule has 1 aromatic heterocycles. The topological polar surface area (TPSA) is 38.0 Å². The minimum absolute atomic E-state index is 0.351. The third-order valence-electron chi connectivity index (χ3n) is 4.02. The second-order valence-corrected chi connectivity index (χ2v) is 6.36. The number of hydrogen-bond acceptors (Lipinski definition) is 3. The predicted octanol–water partition coefficient (Wildman–Crippen LogP) is 3.92. The molecule has 1 atom stereocenters. The lowest BCUT2D eigenvalue weighted by Gasteiger charge is -2.22. The molecule has 17 heavy (non-hydrogen) atoms. The molecule has 0 aromatic carbocycles. The van der Waals surface area contributed by atoms with Crippen LogP contribution in [0.3, 0.4) is 0 Å². The largest absolute Gasteiger partial charge is 0.271 e. The van der Waals surface area contributed by atoms with Crippen LogP contribution in [0.1, 0.15) is 61.4 Å².